The lowest BCUT2D eigenvalue weighted by Crippen LogP contribution is -3.00. The summed E-state index contributed by atoms with van der Waals surface area (Å²) in [5.74, 6) is 0. The molecule has 0 aromatic carbocycles. The number of nitrogens with zero attached hydrogens (tertiary/aromatic N) is 1. The average molecular weight is 422 g/mol. The number of hydroxylamine groups is 2. The molecule has 27 heavy (non-hydrogen) atoms. The van der Waals surface area contributed by atoms with Gasteiger partial charge in [0.15, 0.2) is 0 Å². The first kappa shape index (κ1) is 29.6. The van der Waals surface area contributed by atoms with E-state index in [0.717, 1.165) is 12.6 Å². The smallest absolute Gasteiger partial charge is 0.464 e. The molecule has 0 rings (SSSR count). The van der Waals surface area contributed by atoms with Crippen LogP contribution in [0.3, 0.4) is 0 Å². The van der Waals surface area contributed by atoms with Gasteiger partial charge in [0, 0.05) is 12.5 Å². The molecule has 0 aromatic rings. The van der Waals surface area contributed by atoms with Crippen LogP contribution in [0.25, 0.3) is 0 Å². The summed E-state index contributed by atoms with van der Waals surface area (Å²) in [6, 6.07) is 1.11. The van der Waals surface area contributed by atoms with E-state index >= 15 is 0 Å². The van der Waals surface area contributed by atoms with Gasteiger partial charge in [-0.15, -0.1) is 0 Å². The van der Waals surface area contributed by atoms with Crippen LogP contribution in [0.2, 0.25) is 6.04 Å². The molecule has 0 aliphatic heterocycles. The fraction of sp³-hybridized carbons (Fsp3) is 1.00. The minimum atomic E-state index is 0. The first-order valence-corrected chi connectivity index (χ1v) is 12.6. The monoisotopic (exact) mass is 421 g/mol. The van der Waals surface area contributed by atoms with Gasteiger partial charge in [0.25, 0.3) is 0 Å². The summed E-state index contributed by atoms with van der Waals surface area (Å²) in [5, 5.41) is 0. The predicted molar refractivity (Wildman–Crippen MR) is 115 cm³/mol. The molecule has 2 radical (unpaired) electrons. The molecule has 0 N–H and O–H groups in total. The molecule has 0 amide bonds. The van der Waals surface area contributed by atoms with E-state index in [2.05, 4.69) is 13.8 Å². The first-order chi connectivity index (χ1) is 12.7. The second kappa shape index (κ2) is 22.7. The van der Waals surface area contributed by atoms with Gasteiger partial charge in [0.2, 0.25) is 0 Å². The van der Waals surface area contributed by atoms with Crippen molar-refractivity contribution in [1.29, 1.82) is 0 Å². The summed E-state index contributed by atoms with van der Waals surface area (Å²) >= 11 is 0. The lowest BCUT2D eigenvalue weighted by atomic mass is 10.0. The maximum Gasteiger partial charge on any atom is 0.464 e. The van der Waals surface area contributed by atoms with Crippen molar-refractivity contribution in [2.45, 2.75) is 123 Å². The molecule has 0 atom stereocenters. The molecular weight excluding hydrogens is 374 g/mol. The topological polar surface area (TPSA) is 18.5 Å². The Bertz CT molecular complexity index is 279. The van der Waals surface area contributed by atoms with Gasteiger partial charge in [-0.1, -0.05) is 108 Å². The Kier molecular flexibility index (Phi) is 24.8. The zero-order valence-electron chi connectivity index (χ0n) is 18.9. The molecule has 0 heterocycles. The normalized spacial score (nSPS) is 11.6. The molecule has 3 nitrogen and oxygen atoms in total. The Morgan fingerprint density at radius 2 is 0.889 bits per heavy atom. The van der Waals surface area contributed by atoms with Crippen molar-refractivity contribution in [3.63, 3.8) is 0 Å². The van der Waals surface area contributed by atoms with Gasteiger partial charge < -0.3 is 12.4 Å². The Morgan fingerprint density at radius 3 is 1.19 bits per heavy atom. The lowest BCUT2D eigenvalue weighted by molar-refractivity contribution is -1.17. The molecule has 0 saturated heterocycles. The van der Waals surface area contributed by atoms with E-state index < -0.39 is 0 Å². The van der Waals surface area contributed by atoms with Gasteiger partial charge in [-0.25, -0.2) is 0 Å². The fourth-order valence-corrected chi connectivity index (χ4v) is 4.63. The highest BCUT2D eigenvalue weighted by Gasteiger charge is 2.30. The molecule has 164 valence electrons. The Hall–Kier alpha value is 0.387. The summed E-state index contributed by atoms with van der Waals surface area (Å²) in [6.45, 7) is 5.47. The van der Waals surface area contributed by atoms with Gasteiger partial charge in [-0.05, 0) is 6.42 Å². The predicted octanol–water partition coefficient (Wildman–Crippen LogP) is 4.25. The summed E-state index contributed by atoms with van der Waals surface area (Å²) in [4.78, 5) is 11.2. The molecule has 0 unspecified atom stereocenters. The molecule has 5 heteroatoms. The summed E-state index contributed by atoms with van der Waals surface area (Å²) in [5.41, 5.74) is 0. The van der Waals surface area contributed by atoms with Crippen molar-refractivity contribution < 1.29 is 26.6 Å². The van der Waals surface area contributed by atoms with Crippen LogP contribution in [-0.4, -0.2) is 34.9 Å². The van der Waals surface area contributed by atoms with Crippen LogP contribution in [0.4, 0.5) is 0 Å². The standard InChI is InChI=1S/C22H48NO2Si.ClH/c1-5-7-8-9-10-11-12-13-14-15-16-17-18-19-20-21-22-23(24-3,25-4)26-6-2;/h5-22H2,1-4H3;1H/q+1;/p-1. The van der Waals surface area contributed by atoms with Crippen LogP contribution in [0.5, 0.6) is 0 Å². The maximum atomic E-state index is 5.58. The van der Waals surface area contributed by atoms with Crippen LogP contribution >= 0.6 is 0 Å². The van der Waals surface area contributed by atoms with Gasteiger partial charge >= 0.3 is 9.68 Å². The van der Waals surface area contributed by atoms with Crippen molar-refractivity contribution in [3.8, 4) is 0 Å². The molecule has 0 spiro atoms. The largest absolute Gasteiger partial charge is 1.00 e. The van der Waals surface area contributed by atoms with Gasteiger partial charge in [0.1, 0.15) is 6.54 Å². The minimum Gasteiger partial charge on any atom is -1.00 e. The molecule has 0 saturated carbocycles. The maximum absolute atomic E-state index is 5.58. The van der Waals surface area contributed by atoms with Crippen molar-refractivity contribution >= 4 is 9.68 Å². The van der Waals surface area contributed by atoms with E-state index in [9.17, 15) is 0 Å². The number of quaternary nitrogens is 1. The van der Waals surface area contributed by atoms with Crippen LogP contribution in [0.15, 0.2) is 0 Å². The van der Waals surface area contributed by atoms with E-state index in [4.69, 9.17) is 9.68 Å². The number of rotatable bonds is 21. The third kappa shape index (κ3) is 18.2. The SMILES string of the molecule is CCCCCCCCCCCCCCCCCC[N+](OC)(OC)[Si]CC.[Cl-]. The van der Waals surface area contributed by atoms with E-state index in [1.807, 2.05) is 0 Å². The number of unbranched alkanes of at least 4 members (excludes halogenated alkanes) is 15. The highest BCUT2D eigenvalue weighted by Crippen LogP contribution is 2.15. The Morgan fingerprint density at radius 1 is 0.556 bits per heavy atom. The van der Waals surface area contributed by atoms with Crippen molar-refractivity contribution in [2.24, 2.45) is 0 Å². The quantitative estimate of drug-likeness (QED) is 0.157. The first-order valence-electron chi connectivity index (χ1n) is 11.5. The van der Waals surface area contributed by atoms with Gasteiger partial charge in [-0.3, -0.25) is 0 Å². The lowest BCUT2D eigenvalue weighted by Gasteiger charge is -2.29. The number of halogens is 1. The summed E-state index contributed by atoms with van der Waals surface area (Å²) in [6.07, 6.45) is 22.6. The molecule has 0 bridgehead atoms. The van der Waals surface area contributed by atoms with Crippen LogP contribution < -0.4 is 12.4 Å². The van der Waals surface area contributed by atoms with Crippen LogP contribution in [0, 0.1) is 0 Å². The fourth-order valence-electron chi connectivity index (χ4n) is 3.57. The highest BCUT2D eigenvalue weighted by atomic mass is 35.5. The van der Waals surface area contributed by atoms with E-state index in [1.165, 1.54) is 103 Å². The van der Waals surface area contributed by atoms with Crippen molar-refractivity contribution in [1.82, 2.24) is 0 Å². The Balaban J connectivity index is 0. The zero-order chi connectivity index (χ0) is 19.3. The van der Waals surface area contributed by atoms with Crippen molar-refractivity contribution in [2.75, 3.05) is 20.8 Å². The van der Waals surface area contributed by atoms with Crippen LogP contribution in [-0.2, 0) is 9.68 Å². The minimum absolute atomic E-state index is 0. The van der Waals surface area contributed by atoms with E-state index in [-0.39, 0.29) is 12.4 Å². The van der Waals surface area contributed by atoms with E-state index in [1.54, 1.807) is 14.2 Å². The zero-order valence-corrected chi connectivity index (χ0v) is 20.6. The second-order valence-electron chi connectivity index (χ2n) is 7.58. The molecule has 0 aromatic heterocycles. The second-order valence-corrected chi connectivity index (χ2v) is 9.28. The number of hydrogen-bond donors (Lipinski definition) is 0. The molecule has 0 aliphatic rings. The molecule has 0 fully saturated rings. The molecular formula is C22H48ClNO2Si. The third-order valence-corrected chi connectivity index (χ3v) is 6.68. The van der Waals surface area contributed by atoms with E-state index in [0.29, 0.717) is 14.2 Å². The average Bonchev–Trinajstić information content (AvgIpc) is 2.66. The van der Waals surface area contributed by atoms with Crippen LogP contribution in [0.1, 0.15) is 117 Å². The number of hydrogen-bond acceptors (Lipinski definition) is 2. The third-order valence-electron chi connectivity index (χ3n) is 5.29. The summed E-state index contributed by atoms with van der Waals surface area (Å²) in [7, 11) is 4.21. The Labute approximate surface area is 179 Å². The van der Waals surface area contributed by atoms with Gasteiger partial charge in [-0.2, -0.15) is 9.68 Å². The highest BCUT2D eigenvalue weighted by molar-refractivity contribution is 6.25. The van der Waals surface area contributed by atoms with Crippen molar-refractivity contribution in [3.05, 3.63) is 0 Å². The molecule has 0 aliphatic carbocycles. The van der Waals surface area contributed by atoms with Gasteiger partial charge in [0.05, 0.1) is 14.2 Å². The summed E-state index contributed by atoms with van der Waals surface area (Å²) < 4.78 is 0.384.